The number of likely N-dealkylation sites (N-methyl/N-ethyl adjacent to an activating group) is 1. The van der Waals surface area contributed by atoms with E-state index in [4.69, 9.17) is 18.9 Å². The Labute approximate surface area is 414 Å². The Hall–Kier alpha value is -2.23. The molecule has 0 saturated heterocycles. The van der Waals surface area contributed by atoms with Crippen LogP contribution in [0.25, 0.3) is 0 Å². The van der Waals surface area contributed by atoms with Gasteiger partial charge in [-0.25, -0.2) is 0 Å². The highest BCUT2D eigenvalue weighted by atomic mass is 16.7. The number of allylic oxidation sites excluding steroid dienone is 4. The standard InChI is InChI=1S/C58H109NO8/c1-6-8-10-12-14-16-18-20-22-23-24-25-26-27-28-29-30-31-32-33-35-37-39-41-43-45-47-49-56(61)67-54(53-66-58(57(62)63)64-51-50-59(3,4)5)52-65-55(60)48-46-44-42-40-38-36-34-21-19-17-15-13-11-9-7-2/h18,20,23-24,54,58H,6-17,19,21-22,25-53H2,1-5H3/b20-18-,24-23-. The van der Waals surface area contributed by atoms with Crippen LogP contribution in [0.4, 0.5) is 0 Å². The number of quaternary nitrogens is 1. The molecule has 0 aliphatic heterocycles. The van der Waals surface area contributed by atoms with Gasteiger partial charge in [0, 0.05) is 12.8 Å². The van der Waals surface area contributed by atoms with Gasteiger partial charge in [-0.15, -0.1) is 0 Å². The van der Waals surface area contributed by atoms with Crippen LogP contribution in [0, 0.1) is 0 Å². The first-order valence-corrected chi connectivity index (χ1v) is 28.5. The summed E-state index contributed by atoms with van der Waals surface area (Å²) < 4.78 is 22.7. The summed E-state index contributed by atoms with van der Waals surface area (Å²) in [5.74, 6) is -2.26. The molecule has 0 aliphatic rings. The summed E-state index contributed by atoms with van der Waals surface area (Å²) in [6.45, 7) is 4.78. The van der Waals surface area contributed by atoms with Gasteiger partial charge >= 0.3 is 11.9 Å². The van der Waals surface area contributed by atoms with Crippen molar-refractivity contribution >= 4 is 17.9 Å². The molecule has 2 atom stereocenters. The van der Waals surface area contributed by atoms with Gasteiger partial charge in [-0.05, 0) is 44.9 Å². The number of unbranched alkanes of at least 4 members (excludes halogenated alkanes) is 34. The van der Waals surface area contributed by atoms with Crippen molar-refractivity contribution in [2.24, 2.45) is 0 Å². The Morgan fingerprint density at radius 3 is 1.18 bits per heavy atom. The maximum absolute atomic E-state index is 12.8. The molecule has 0 amide bonds. The third kappa shape index (κ3) is 51.4. The van der Waals surface area contributed by atoms with Gasteiger partial charge in [0.2, 0.25) is 0 Å². The van der Waals surface area contributed by atoms with Gasteiger partial charge < -0.3 is 33.3 Å². The molecule has 0 aromatic carbocycles. The number of carboxylic acid groups (broad SMARTS) is 1. The molecule has 9 heteroatoms. The predicted octanol–water partition coefficient (Wildman–Crippen LogP) is 15.0. The Morgan fingerprint density at radius 2 is 0.806 bits per heavy atom. The van der Waals surface area contributed by atoms with Crippen LogP contribution < -0.4 is 5.11 Å². The first kappa shape index (κ1) is 64.8. The number of carboxylic acids is 1. The summed E-state index contributed by atoms with van der Waals surface area (Å²) >= 11 is 0. The Morgan fingerprint density at radius 1 is 0.448 bits per heavy atom. The number of esters is 2. The number of hydrogen-bond donors (Lipinski definition) is 0. The largest absolute Gasteiger partial charge is 0.545 e. The summed E-state index contributed by atoms with van der Waals surface area (Å²) in [6, 6.07) is 0. The highest BCUT2D eigenvalue weighted by Gasteiger charge is 2.22. The summed E-state index contributed by atoms with van der Waals surface area (Å²) in [6.07, 6.45) is 55.1. The van der Waals surface area contributed by atoms with E-state index in [1.165, 1.54) is 199 Å². The monoisotopic (exact) mass is 948 g/mol. The van der Waals surface area contributed by atoms with Crippen LogP contribution in [0.1, 0.15) is 271 Å². The molecule has 0 spiro atoms. The van der Waals surface area contributed by atoms with E-state index in [9.17, 15) is 19.5 Å². The highest BCUT2D eigenvalue weighted by molar-refractivity contribution is 5.70. The lowest BCUT2D eigenvalue weighted by Gasteiger charge is -2.26. The fourth-order valence-electron chi connectivity index (χ4n) is 8.27. The zero-order valence-corrected chi connectivity index (χ0v) is 44.8. The average molecular weight is 949 g/mol. The van der Waals surface area contributed by atoms with E-state index in [0.29, 0.717) is 17.4 Å². The van der Waals surface area contributed by atoms with Crippen molar-refractivity contribution < 1.29 is 42.9 Å². The second-order valence-electron chi connectivity index (χ2n) is 20.6. The molecule has 0 aliphatic carbocycles. The molecule has 9 nitrogen and oxygen atoms in total. The number of carbonyl (C=O) groups excluding carboxylic acids is 3. The van der Waals surface area contributed by atoms with Crippen molar-refractivity contribution in [1.29, 1.82) is 0 Å². The van der Waals surface area contributed by atoms with Crippen molar-refractivity contribution in [2.45, 2.75) is 283 Å². The van der Waals surface area contributed by atoms with Gasteiger partial charge in [-0.2, -0.15) is 0 Å². The smallest absolute Gasteiger partial charge is 0.306 e. The molecule has 0 N–H and O–H groups in total. The minimum atomic E-state index is -1.62. The SMILES string of the molecule is CCCCCCC/C=C\C/C=C\CCCCCCCCCCCCCCCCCC(=O)OC(COC(=O)CCCCCCCCCCCCCCCCC)COC(OCC[N+](C)(C)C)C(=O)[O-]. The number of hydrogen-bond acceptors (Lipinski definition) is 8. The summed E-state index contributed by atoms with van der Waals surface area (Å²) in [5, 5.41) is 11.8. The molecule has 394 valence electrons. The van der Waals surface area contributed by atoms with Crippen molar-refractivity contribution in [2.75, 3.05) is 47.5 Å². The normalized spacial score (nSPS) is 12.9. The molecule has 67 heavy (non-hydrogen) atoms. The lowest BCUT2D eigenvalue weighted by Crippen LogP contribution is -2.44. The number of nitrogens with zero attached hydrogens (tertiary/aromatic N) is 1. The van der Waals surface area contributed by atoms with Gasteiger partial charge in [-0.1, -0.05) is 237 Å². The summed E-state index contributed by atoms with van der Waals surface area (Å²) in [5.41, 5.74) is 0. The molecule has 0 saturated carbocycles. The minimum absolute atomic E-state index is 0.151. The minimum Gasteiger partial charge on any atom is -0.545 e. The topological polar surface area (TPSA) is 111 Å². The quantitative estimate of drug-likeness (QED) is 0.0195. The molecule has 0 rings (SSSR count). The average Bonchev–Trinajstić information content (AvgIpc) is 3.29. The third-order valence-corrected chi connectivity index (χ3v) is 12.7. The predicted molar refractivity (Wildman–Crippen MR) is 279 cm³/mol. The molecule has 0 heterocycles. The van der Waals surface area contributed by atoms with Crippen LogP contribution in [0.5, 0.6) is 0 Å². The Bertz CT molecular complexity index is 1150. The Balaban J connectivity index is 4.18. The van der Waals surface area contributed by atoms with Crippen LogP contribution in [0.2, 0.25) is 0 Å². The molecular formula is C58H109NO8. The molecular weight excluding hydrogens is 839 g/mol. The van der Waals surface area contributed by atoms with Crippen molar-refractivity contribution in [3.8, 4) is 0 Å². The van der Waals surface area contributed by atoms with E-state index in [2.05, 4.69) is 38.2 Å². The Kier molecular flexibility index (Phi) is 48.5. The third-order valence-electron chi connectivity index (χ3n) is 12.7. The van der Waals surface area contributed by atoms with Crippen molar-refractivity contribution in [3.63, 3.8) is 0 Å². The van der Waals surface area contributed by atoms with Crippen LogP contribution in [-0.2, 0) is 33.3 Å². The van der Waals surface area contributed by atoms with Gasteiger partial charge in [0.25, 0.3) is 0 Å². The van der Waals surface area contributed by atoms with Crippen LogP contribution >= 0.6 is 0 Å². The first-order chi connectivity index (χ1) is 32.6. The van der Waals surface area contributed by atoms with E-state index in [1.54, 1.807) is 0 Å². The van der Waals surface area contributed by atoms with Gasteiger partial charge in [0.15, 0.2) is 12.4 Å². The zero-order chi connectivity index (χ0) is 49.2. The first-order valence-electron chi connectivity index (χ1n) is 28.5. The lowest BCUT2D eigenvalue weighted by molar-refractivity contribution is -0.870. The zero-order valence-electron chi connectivity index (χ0n) is 44.8. The van der Waals surface area contributed by atoms with E-state index < -0.39 is 24.3 Å². The van der Waals surface area contributed by atoms with Crippen LogP contribution in [-0.4, -0.2) is 82.3 Å². The molecule has 0 radical (unpaired) electrons. The number of rotatable bonds is 53. The van der Waals surface area contributed by atoms with E-state index >= 15 is 0 Å². The number of aliphatic carboxylic acids is 1. The van der Waals surface area contributed by atoms with E-state index in [1.807, 2.05) is 21.1 Å². The van der Waals surface area contributed by atoms with Crippen molar-refractivity contribution in [3.05, 3.63) is 24.3 Å². The van der Waals surface area contributed by atoms with Crippen LogP contribution in [0.15, 0.2) is 24.3 Å². The fraction of sp³-hybridized carbons (Fsp3) is 0.879. The molecule has 0 bridgehead atoms. The van der Waals surface area contributed by atoms with Gasteiger partial charge in [0.05, 0.1) is 40.3 Å². The maximum Gasteiger partial charge on any atom is 0.306 e. The molecule has 0 aromatic heterocycles. The molecule has 0 aromatic rings. The van der Waals surface area contributed by atoms with Crippen molar-refractivity contribution in [1.82, 2.24) is 0 Å². The van der Waals surface area contributed by atoms with E-state index in [0.717, 1.165) is 44.9 Å². The number of ether oxygens (including phenoxy) is 4. The van der Waals surface area contributed by atoms with Gasteiger partial charge in [-0.3, -0.25) is 9.59 Å². The van der Waals surface area contributed by atoms with Gasteiger partial charge in [0.1, 0.15) is 13.2 Å². The second-order valence-corrected chi connectivity index (χ2v) is 20.6. The number of carbonyl (C=O) groups is 3. The highest BCUT2D eigenvalue weighted by Crippen LogP contribution is 2.17. The molecule has 2 unspecified atom stereocenters. The van der Waals surface area contributed by atoms with Crippen LogP contribution in [0.3, 0.4) is 0 Å². The summed E-state index contributed by atoms with van der Waals surface area (Å²) in [7, 11) is 5.93. The fourth-order valence-corrected chi connectivity index (χ4v) is 8.27. The second kappa shape index (κ2) is 50.2. The summed E-state index contributed by atoms with van der Waals surface area (Å²) in [4.78, 5) is 37.2. The van der Waals surface area contributed by atoms with E-state index in [-0.39, 0.29) is 32.2 Å². The maximum atomic E-state index is 12.8. The molecule has 0 fully saturated rings. The lowest BCUT2D eigenvalue weighted by atomic mass is 10.0.